The van der Waals surface area contributed by atoms with E-state index in [1.807, 2.05) is 20.8 Å². The monoisotopic (exact) mass is 274 g/mol. The van der Waals surface area contributed by atoms with Crippen LogP contribution >= 0.6 is 0 Å². The lowest BCUT2D eigenvalue weighted by Crippen LogP contribution is -2.29. The molecule has 108 valence electrons. The number of benzene rings is 1. The van der Waals surface area contributed by atoms with Gasteiger partial charge in [0, 0.05) is 22.4 Å². The Bertz CT molecular complexity index is 516. The minimum absolute atomic E-state index is 0.0151. The van der Waals surface area contributed by atoms with E-state index in [1.54, 1.807) is 31.2 Å². The summed E-state index contributed by atoms with van der Waals surface area (Å²) in [5.41, 5.74) is 1.44. The largest absolute Gasteiger partial charge is 0.326 e. The molecular weight excluding hydrogens is 252 g/mol. The van der Waals surface area contributed by atoms with Crippen LogP contribution in [0.5, 0.6) is 0 Å². The topological polar surface area (TPSA) is 58.2 Å². The van der Waals surface area contributed by atoms with Gasteiger partial charge in [-0.25, -0.2) is 0 Å². The van der Waals surface area contributed by atoms with E-state index in [0.29, 0.717) is 16.9 Å². The zero-order valence-corrected chi connectivity index (χ0v) is 12.5. The highest BCUT2D eigenvalue weighted by atomic mass is 16.2. The highest BCUT2D eigenvalue weighted by Gasteiger charge is 2.25. The first-order valence-corrected chi connectivity index (χ1v) is 6.64. The molecule has 4 heteroatoms. The zero-order valence-electron chi connectivity index (χ0n) is 12.5. The van der Waals surface area contributed by atoms with Crippen LogP contribution in [0, 0.1) is 5.41 Å². The first kappa shape index (κ1) is 16.0. The first-order chi connectivity index (χ1) is 9.26. The summed E-state index contributed by atoms with van der Waals surface area (Å²) in [5.74, 6) is -0.229. The number of hydrogen-bond acceptors (Lipinski definition) is 2. The molecule has 0 saturated carbocycles. The molecule has 0 aliphatic heterocycles. The fourth-order valence-corrected chi connectivity index (χ4v) is 1.34. The van der Waals surface area contributed by atoms with Crippen LogP contribution in [-0.4, -0.2) is 11.8 Å². The van der Waals surface area contributed by atoms with E-state index in [-0.39, 0.29) is 11.8 Å². The molecule has 1 aromatic carbocycles. The third kappa shape index (κ3) is 4.23. The van der Waals surface area contributed by atoms with Crippen molar-refractivity contribution in [1.29, 1.82) is 0 Å². The number of hydrogen-bond donors (Lipinski definition) is 2. The van der Waals surface area contributed by atoms with Crippen molar-refractivity contribution in [2.24, 2.45) is 5.41 Å². The summed E-state index contributed by atoms with van der Waals surface area (Å²) in [6.07, 6.45) is 0.769. The van der Waals surface area contributed by atoms with E-state index in [0.717, 1.165) is 6.42 Å². The highest BCUT2D eigenvalue weighted by Crippen LogP contribution is 2.23. The molecule has 0 aliphatic rings. The van der Waals surface area contributed by atoms with Crippen molar-refractivity contribution >= 4 is 23.2 Å². The predicted octanol–water partition coefficient (Wildman–Crippen LogP) is 3.58. The average molecular weight is 274 g/mol. The number of carbonyl (C=O) groups is 2. The smallest absolute Gasteiger partial charge is 0.250 e. The molecule has 2 N–H and O–H groups in total. The highest BCUT2D eigenvalue weighted by molar-refractivity contribution is 6.03. The molecule has 0 bridgehead atoms. The average Bonchev–Trinajstić information content (AvgIpc) is 2.40. The van der Waals surface area contributed by atoms with Gasteiger partial charge in [-0.2, -0.15) is 0 Å². The molecule has 0 atom stereocenters. The van der Waals surface area contributed by atoms with Crippen LogP contribution in [0.4, 0.5) is 11.4 Å². The Kier molecular flexibility index (Phi) is 5.08. The van der Waals surface area contributed by atoms with Crippen molar-refractivity contribution in [3.8, 4) is 0 Å². The lowest BCUT2D eigenvalue weighted by molar-refractivity contribution is -0.124. The van der Waals surface area contributed by atoms with Gasteiger partial charge in [0.15, 0.2) is 0 Å². The van der Waals surface area contributed by atoms with Gasteiger partial charge in [-0.15, -0.1) is 0 Å². The van der Waals surface area contributed by atoms with Crippen molar-refractivity contribution in [1.82, 2.24) is 0 Å². The molecule has 0 unspecified atom stereocenters. The van der Waals surface area contributed by atoms with E-state index in [4.69, 9.17) is 0 Å². The van der Waals surface area contributed by atoms with Crippen molar-refractivity contribution in [2.45, 2.75) is 34.1 Å². The predicted molar refractivity (Wildman–Crippen MR) is 82.6 cm³/mol. The molecule has 20 heavy (non-hydrogen) atoms. The lowest BCUT2D eigenvalue weighted by Gasteiger charge is -2.21. The second-order valence-electron chi connectivity index (χ2n) is 5.50. The third-order valence-electron chi connectivity index (χ3n) is 3.29. The van der Waals surface area contributed by atoms with Gasteiger partial charge in [-0.3, -0.25) is 9.59 Å². The third-order valence-corrected chi connectivity index (χ3v) is 3.29. The van der Waals surface area contributed by atoms with Gasteiger partial charge in [0.05, 0.1) is 0 Å². The van der Waals surface area contributed by atoms with E-state index >= 15 is 0 Å². The van der Waals surface area contributed by atoms with Crippen LogP contribution in [-0.2, 0) is 9.59 Å². The quantitative estimate of drug-likeness (QED) is 0.806. The minimum Gasteiger partial charge on any atom is -0.326 e. The summed E-state index contributed by atoms with van der Waals surface area (Å²) in [7, 11) is 0. The lowest BCUT2D eigenvalue weighted by atomic mass is 9.89. The Morgan fingerprint density at radius 2 is 1.55 bits per heavy atom. The maximum atomic E-state index is 12.0. The maximum Gasteiger partial charge on any atom is 0.250 e. The molecule has 0 saturated heterocycles. The second-order valence-corrected chi connectivity index (χ2v) is 5.50. The summed E-state index contributed by atoms with van der Waals surface area (Å²) in [5, 5.41) is 5.58. The second kappa shape index (κ2) is 6.37. The van der Waals surface area contributed by atoms with Gasteiger partial charge >= 0.3 is 0 Å². The van der Waals surface area contributed by atoms with Gasteiger partial charge in [-0.1, -0.05) is 27.4 Å². The molecule has 0 fully saturated rings. The Hall–Kier alpha value is -2.10. The minimum atomic E-state index is -0.396. The van der Waals surface area contributed by atoms with Gasteiger partial charge in [-0.05, 0) is 37.6 Å². The molecule has 0 heterocycles. The molecule has 4 nitrogen and oxygen atoms in total. The fourth-order valence-electron chi connectivity index (χ4n) is 1.34. The number of amides is 2. The summed E-state index contributed by atoms with van der Waals surface area (Å²) in [4.78, 5) is 23.5. The Morgan fingerprint density at radius 3 is 1.95 bits per heavy atom. The van der Waals surface area contributed by atoms with E-state index in [2.05, 4.69) is 17.2 Å². The van der Waals surface area contributed by atoms with Gasteiger partial charge < -0.3 is 10.6 Å². The van der Waals surface area contributed by atoms with E-state index in [9.17, 15) is 9.59 Å². The number of anilines is 2. The molecule has 1 rings (SSSR count). The van der Waals surface area contributed by atoms with Crippen molar-refractivity contribution < 1.29 is 9.59 Å². The van der Waals surface area contributed by atoms with Gasteiger partial charge in [0.25, 0.3) is 5.91 Å². The van der Waals surface area contributed by atoms with Crippen LogP contribution in [0.15, 0.2) is 36.4 Å². The Labute approximate surface area is 120 Å². The molecule has 1 aromatic rings. The van der Waals surface area contributed by atoms with Crippen LogP contribution < -0.4 is 10.6 Å². The van der Waals surface area contributed by atoms with Crippen LogP contribution in [0.1, 0.15) is 34.1 Å². The van der Waals surface area contributed by atoms with Crippen molar-refractivity contribution in [3.63, 3.8) is 0 Å². The van der Waals surface area contributed by atoms with E-state index < -0.39 is 5.41 Å². The van der Waals surface area contributed by atoms with Crippen molar-refractivity contribution in [3.05, 3.63) is 36.4 Å². The zero-order chi connectivity index (χ0) is 15.3. The normalized spacial score (nSPS) is 10.8. The molecule has 0 radical (unpaired) electrons. The summed E-state index contributed by atoms with van der Waals surface area (Å²) in [6, 6.07) is 7.01. The summed E-state index contributed by atoms with van der Waals surface area (Å²) < 4.78 is 0. The molecule has 0 aliphatic carbocycles. The van der Waals surface area contributed by atoms with Crippen LogP contribution in [0.2, 0.25) is 0 Å². The number of rotatable bonds is 5. The fraction of sp³-hybridized carbons (Fsp3) is 0.375. The van der Waals surface area contributed by atoms with Crippen LogP contribution in [0.3, 0.4) is 0 Å². The van der Waals surface area contributed by atoms with Gasteiger partial charge in [0.1, 0.15) is 0 Å². The summed E-state index contributed by atoms with van der Waals surface area (Å²) >= 11 is 0. The molecular formula is C16H22N2O2. The van der Waals surface area contributed by atoms with E-state index in [1.165, 1.54) is 0 Å². The SMILES string of the molecule is C=C(C)C(=O)Nc1ccc(NC(=O)C(C)(C)CC)cc1. The standard InChI is InChI=1S/C16H22N2O2/c1-6-16(4,5)15(20)18-13-9-7-12(8-10-13)17-14(19)11(2)3/h7-10H,2,6H2,1,3-5H3,(H,17,19)(H,18,20). The molecule has 0 aromatic heterocycles. The van der Waals surface area contributed by atoms with Gasteiger partial charge in [0.2, 0.25) is 5.91 Å². The number of carbonyl (C=O) groups excluding carboxylic acids is 2. The summed E-state index contributed by atoms with van der Waals surface area (Å²) in [6.45, 7) is 11.0. The first-order valence-electron chi connectivity index (χ1n) is 6.64. The Balaban J connectivity index is 2.70. The molecule has 2 amide bonds. The van der Waals surface area contributed by atoms with Crippen molar-refractivity contribution in [2.75, 3.05) is 10.6 Å². The number of nitrogens with one attached hydrogen (secondary N) is 2. The Morgan fingerprint density at radius 1 is 1.10 bits per heavy atom. The van der Waals surface area contributed by atoms with Crippen LogP contribution in [0.25, 0.3) is 0 Å². The molecule has 0 spiro atoms. The maximum absolute atomic E-state index is 12.0.